The molecule has 0 radical (unpaired) electrons. The Morgan fingerprint density at radius 2 is 1.71 bits per heavy atom. The average Bonchev–Trinajstić information content (AvgIpc) is 3.31. The quantitative estimate of drug-likeness (QED) is 0.781. The van der Waals surface area contributed by atoms with Crippen molar-refractivity contribution in [1.29, 1.82) is 0 Å². The van der Waals surface area contributed by atoms with Gasteiger partial charge in [-0.05, 0) is 61.1 Å². The van der Waals surface area contributed by atoms with E-state index in [-0.39, 0.29) is 12.6 Å². The first-order valence-corrected chi connectivity index (χ1v) is 10.2. The Hall–Kier alpha value is -2.59. The molecule has 28 heavy (non-hydrogen) atoms. The van der Waals surface area contributed by atoms with Crippen molar-refractivity contribution in [3.63, 3.8) is 0 Å². The number of carbonyl (C=O) groups is 1. The van der Waals surface area contributed by atoms with E-state index in [1.165, 1.54) is 16.7 Å². The molecule has 0 saturated carbocycles. The van der Waals surface area contributed by atoms with Gasteiger partial charge in [-0.25, -0.2) is 0 Å². The van der Waals surface area contributed by atoms with Crippen LogP contribution in [-0.4, -0.2) is 30.6 Å². The molecule has 3 aliphatic rings. The summed E-state index contributed by atoms with van der Waals surface area (Å²) in [6.45, 7) is 3.25. The van der Waals surface area contributed by atoms with E-state index in [0.29, 0.717) is 6.42 Å². The summed E-state index contributed by atoms with van der Waals surface area (Å²) in [6, 6.07) is 14.8. The van der Waals surface area contributed by atoms with E-state index in [9.17, 15) is 4.79 Å². The molecule has 0 amide bonds. The van der Waals surface area contributed by atoms with Gasteiger partial charge >= 0.3 is 0 Å². The predicted molar refractivity (Wildman–Crippen MR) is 108 cm³/mol. The molecular weight excluding hydrogens is 350 g/mol. The van der Waals surface area contributed by atoms with Gasteiger partial charge < -0.3 is 9.47 Å². The Morgan fingerprint density at radius 3 is 2.57 bits per heavy atom. The van der Waals surface area contributed by atoms with E-state index in [4.69, 9.17) is 9.47 Å². The van der Waals surface area contributed by atoms with E-state index in [2.05, 4.69) is 41.3 Å². The van der Waals surface area contributed by atoms with Crippen molar-refractivity contribution >= 4 is 11.4 Å². The fourth-order valence-electron chi connectivity index (χ4n) is 4.63. The second-order valence-electron chi connectivity index (χ2n) is 7.88. The maximum absolute atomic E-state index is 12.7. The maximum Gasteiger partial charge on any atom is 0.231 e. The van der Waals surface area contributed by atoms with Crippen molar-refractivity contribution in [2.45, 2.75) is 38.6 Å². The number of allylic oxidation sites excluding steroid dienone is 2. The zero-order valence-corrected chi connectivity index (χ0v) is 16.1. The van der Waals surface area contributed by atoms with E-state index in [1.54, 1.807) is 0 Å². The second-order valence-corrected chi connectivity index (χ2v) is 7.88. The van der Waals surface area contributed by atoms with Gasteiger partial charge in [0.1, 0.15) is 0 Å². The van der Waals surface area contributed by atoms with E-state index >= 15 is 0 Å². The van der Waals surface area contributed by atoms with Crippen LogP contribution in [0.15, 0.2) is 48.0 Å². The van der Waals surface area contributed by atoms with Crippen molar-refractivity contribution in [2.75, 3.05) is 19.9 Å². The Labute approximate surface area is 165 Å². The standard InChI is InChI=1S/C24H25NO3/c26-21-9-8-18-7-4-11-25(15-17-5-2-1-3-6-17)12-10-19-13-22-23(28-16-27-22)14-20(19)24(18)21/h1-3,5-6,13-14H,4,7-12,15-16H2. The van der Waals surface area contributed by atoms with Gasteiger partial charge in [-0.15, -0.1) is 0 Å². The lowest BCUT2D eigenvalue weighted by molar-refractivity contribution is -0.113. The van der Waals surface area contributed by atoms with Crippen LogP contribution in [0.1, 0.15) is 42.4 Å². The summed E-state index contributed by atoms with van der Waals surface area (Å²) < 4.78 is 11.2. The van der Waals surface area contributed by atoms with Gasteiger partial charge in [-0.1, -0.05) is 35.9 Å². The first kappa shape index (κ1) is 17.5. The molecule has 144 valence electrons. The minimum absolute atomic E-state index is 0.262. The SMILES string of the molecule is O=C1CCC2=C1c1cc3c(cc1CCN(Cc1ccccc1)CCC2)OCO3. The summed E-state index contributed by atoms with van der Waals surface area (Å²) in [5, 5.41) is 0. The van der Waals surface area contributed by atoms with E-state index < -0.39 is 0 Å². The molecule has 4 heteroatoms. The molecule has 5 rings (SSSR count). The smallest absolute Gasteiger partial charge is 0.231 e. The van der Waals surface area contributed by atoms with Crippen LogP contribution >= 0.6 is 0 Å². The van der Waals surface area contributed by atoms with E-state index in [1.807, 2.05) is 6.07 Å². The number of nitrogens with zero attached hydrogens (tertiary/aromatic N) is 1. The predicted octanol–water partition coefficient (Wildman–Crippen LogP) is 4.37. The topological polar surface area (TPSA) is 38.8 Å². The molecule has 0 aromatic heterocycles. The van der Waals surface area contributed by atoms with Crippen molar-refractivity contribution in [1.82, 2.24) is 4.90 Å². The molecular formula is C24H25NO3. The van der Waals surface area contributed by atoms with Crippen LogP contribution < -0.4 is 9.47 Å². The van der Waals surface area contributed by atoms with Gasteiger partial charge in [0.15, 0.2) is 17.3 Å². The van der Waals surface area contributed by atoms with Crippen LogP contribution in [0.3, 0.4) is 0 Å². The average molecular weight is 375 g/mol. The molecule has 0 N–H and O–H groups in total. The lowest BCUT2D eigenvalue weighted by atomic mass is 9.91. The molecule has 4 nitrogen and oxygen atoms in total. The number of carbonyl (C=O) groups excluding carboxylic acids is 1. The number of rotatable bonds is 2. The first-order chi connectivity index (χ1) is 13.8. The second kappa shape index (κ2) is 7.44. The van der Waals surface area contributed by atoms with Crippen LogP contribution in [0.25, 0.3) is 5.57 Å². The third kappa shape index (κ3) is 3.33. The largest absolute Gasteiger partial charge is 0.454 e. The Balaban J connectivity index is 1.49. The highest BCUT2D eigenvalue weighted by Crippen LogP contribution is 2.42. The molecule has 0 atom stereocenters. The molecule has 0 bridgehead atoms. The van der Waals surface area contributed by atoms with Gasteiger partial charge in [-0.3, -0.25) is 9.69 Å². The summed E-state index contributed by atoms with van der Waals surface area (Å²) in [5.41, 5.74) is 5.91. The highest BCUT2D eigenvalue weighted by atomic mass is 16.7. The lowest BCUT2D eigenvalue weighted by Gasteiger charge is -2.25. The molecule has 1 aliphatic carbocycles. The summed E-state index contributed by atoms with van der Waals surface area (Å²) in [6.07, 6.45) is 4.55. The molecule has 0 saturated heterocycles. The Morgan fingerprint density at radius 1 is 0.893 bits per heavy atom. The molecule has 0 fully saturated rings. The third-order valence-corrected chi connectivity index (χ3v) is 6.05. The van der Waals surface area contributed by atoms with Crippen LogP contribution in [0, 0.1) is 0 Å². The molecule has 0 unspecified atom stereocenters. The van der Waals surface area contributed by atoms with Crippen molar-refractivity contribution in [2.24, 2.45) is 0 Å². The summed E-state index contributed by atoms with van der Waals surface area (Å²) in [4.78, 5) is 15.2. The fraction of sp³-hybridized carbons (Fsp3) is 0.375. The lowest BCUT2D eigenvalue weighted by Crippen LogP contribution is -2.27. The van der Waals surface area contributed by atoms with Crippen molar-refractivity contribution in [3.05, 3.63) is 64.7 Å². The Bertz CT molecular complexity index is 932. The maximum atomic E-state index is 12.7. The number of fused-ring (bicyclic) bond motifs is 3. The number of ketones is 1. The highest BCUT2D eigenvalue weighted by Gasteiger charge is 2.29. The van der Waals surface area contributed by atoms with Crippen molar-refractivity contribution in [3.8, 4) is 11.5 Å². The van der Waals surface area contributed by atoms with Crippen LogP contribution in [-0.2, 0) is 17.8 Å². The molecule has 2 aromatic rings. The highest BCUT2D eigenvalue weighted by molar-refractivity contribution is 6.24. The zero-order valence-electron chi connectivity index (χ0n) is 16.1. The van der Waals surface area contributed by atoms with Gasteiger partial charge in [0.2, 0.25) is 6.79 Å². The number of benzene rings is 2. The summed E-state index contributed by atoms with van der Waals surface area (Å²) >= 11 is 0. The summed E-state index contributed by atoms with van der Waals surface area (Å²) in [5.74, 6) is 1.86. The number of hydrogen-bond acceptors (Lipinski definition) is 4. The van der Waals surface area contributed by atoms with E-state index in [0.717, 1.165) is 68.0 Å². The molecule has 2 aliphatic heterocycles. The number of Topliss-reactive ketones (excluding diaryl/α,β-unsaturated/α-hetero) is 1. The van der Waals surface area contributed by atoms with Crippen molar-refractivity contribution < 1.29 is 14.3 Å². The number of ether oxygens (including phenoxy) is 2. The minimum Gasteiger partial charge on any atom is -0.454 e. The minimum atomic E-state index is 0.262. The first-order valence-electron chi connectivity index (χ1n) is 10.2. The normalized spacial score (nSPS) is 19.5. The zero-order chi connectivity index (χ0) is 18.9. The molecule has 0 spiro atoms. The van der Waals surface area contributed by atoms with Crippen LogP contribution in [0.2, 0.25) is 0 Å². The molecule has 2 heterocycles. The van der Waals surface area contributed by atoms with Gasteiger partial charge in [0.25, 0.3) is 0 Å². The van der Waals surface area contributed by atoms with Gasteiger partial charge in [0, 0.05) is 25.1 Å². The van der Waals surface area contributed by atoms with Gasteiger partial charge in [0.05, 0.1) is 0 Å². The monoisotopic (exact) mass is 375 g/mol. The Kier molecular flexibility index (Phi) is 4.65. The fourth-order valence-corrected chi connectivity index (χ4v) is 4.63. The number of hydrogen-bond donors (Lipinski definition) is 0. The molecule has 2 aromatic carbocycles. The van der Waals surface area contributed by atoms with Gasteiger partial charge in [-0.2, -0.15) is 0 Å². The summed E-state index contributed by atoms with van der Waals surface area (Å²) in [7, 11) is 0. The third-order valence-electron chi connectivity index (χ3n) is 6.05. The van der Waals surface area contributed by atoms with Crippen LogP contribution in [0.4, 0.5) is 0 Å². The van der Waals surface area contributed by atoms with Crippen LogP contribution in [0.5, 0.6) is 11.5 Å².